The molecule has 0 fully saturated rings. The fourth-order valence-corrected chi connectivity index (χ4v) is 13.0. The fourth-order valence-electron chi connectivity index (χ4n) is 11.4. The van der Waals surface area contributed by atoms with Crippen molar-refractivity contribution in [3.05, 3.63) is 24.3 Å². The number of allylic oxidation sites excluding steroid dienone is 4. The Labute approximate surface area is 592 Å². The molecular weight excluding hydrogens is 1270 g/mol. The van der Waals surface area contributed by atoms with Crippen molar-refractivity contribution in [2.24, 2.45) is 11.8 Å². The molecule has 3 N–H and O–H groups in total. The largest absolute Gasteiger partial charge is 0.472 e. The van der Waals surface area contributed by atoms with E-state index >= 15 is 0 Å². The van der Waals surface area contributed by atoms with Crippen LogP contribution in [0.5, 0.6) is 0 Å². The van der Waals surface area contributed by atoms with Crippen molar-refractivity contribution < 1.29 is 80.2 Å². The Morgan fingerprint density at radius 2 is 0.608 bits per heavy atom. The van der Waals surface area contributed by atoms with E-state index in [4.69, 9.17) is 37.0 Å². The molecule has 0 aromatic carbocycles. The maximum Gasteiger partial charge on any atom is 0.472 e. The normalized spacial score (nSPS) is 14.4. The van der Waals surface area contributed by atoms with Crippen molar-refractivity contribution in [2.75, 3.05) is 39.6 Å². The van der Waals surface area contributed by atoms with Gasteiger partial charge in [0, 0.05) is 25.7 Å². The van der Waals surface area contributed by atoms with Crippen LogP contribution in [0.2, 0.25) is 0 Å². The molecule has 0 aliphatic rings. The first-order valence-electron chi connectivity index (χ1n) is 39.8. The summed E-state index contributed by atoms with van der Waals surface area (Å²) in [6.45, 7) is 9.54. The van der Waals surface area contributed by atoms with Crippen molar-refractivity contribution in [3.8, 4) is 0 Å². The van der Waals surface area contributed by atoms with Crippen LogP contribution in [0, 0.1) is 11.8 Å². The van der Waals surface area contributed by atoms with Crippen molar-refractivity contribution in [2.45, 2.75) is 400 Å². The van der Waals surface area contributed by atoms with Crippen molar-refractivity contribution in [3.63, 3.8) is 0 Å². The van der Waals surface area contributed by atoms with Gasteiger partial charge in [-0.2, -0.15) is 0 Å². The van der Waals surface area contributed by atoms with Crippen molar-refractivity contribution >= 4 is 39.5 Å². The van der Waals surface area contributed by atoms with Crippen LogP contribution in [0.1, 0.15) is 382 Å². The maximum atomic E-state index is 13.1. The number of ether oxygens (including phenoxy) is 4. The predicted octanol–water partition coefficient (Wildman–Crippen LogP) is 22.7. The first-order chi connectivity index (χ1) is 46.9. The second kappa shape index (κ2) is 69.3. The minimum atomic E-state index is -4.97. The first-order valence-corrected chi connectivity index (χ1v) is 42.8. The lowest BCUT2D eigenvalue weighted by atomic mass is 9.99. The molecule has 0 saturated heterocycles. The zero-order valence-corrected chi connectivity index (χ0v) is 64.7. The van der Waals surface area contributed by atoms with Gasteiger partial charge < -0.3 is 33.8 Å². The number of aliphatic hydroxyl groups is 1. The highest BCUT2D eigenvalue weighted by Crippen LogP contribution is 2.45. The molecule has 3 unspecified atom stereocenters. The van der Waals surface area contributed by atoms with E-state index in [0.717, 1.165) is 115 Å². The van der Waals surface area contributed by atoms with E-state index in [1.165, 1.54) is 180 Å². The van der Waals surface area contributed by atoms with E-state index in [1.807, 2.05) is 0 Å². The SMILES string of the molecule is CCCCCC/C=C\C=C/CCCCCCCC(=O)OC[C@H](COP(=O)(O)OC[C@@H](O)COP(=O)(O)OC[C@@H](COC(=O)CCCCCCCCCCC)OC(=O)CCCCCCCCCCC(C)C)OC(=O)CCCCCCCCCCCCCCCCCCCCC(C)CC. The molecule has 0 aliphatic carbocycles. The third-order valence-corrected chi connectivity index (χ3v) is 19.8. The van der Waals surface area contributed by atoms with Gasteiger partial charge in [-0.3, -0.25) is 37.3 Å². The monoisotopic (exact) mass is 1420 g/mol. The Kier molecular flexibility index (Phi) is 67.5. The smallest absolute Gasteiger partial charge is 0.462 e. The standard InChI is InChI=1S/C78H148O17P2/c1-7-10-12-14-16-18-19-20-25-29-32-36-43-49-55-61-76(81)89-67-73(94-77(82)62-56-50-44-37-33-30-27-24-22-21-23-26-28-31-35-41-47-53-59-71(6)9-3)68-92-96(84,85)90-64-72(79)65-91-97(86,87)93-69-74(66-88-75(80)60-54-48-42-34-17-15-13-11-8-2)95-78(83)63-57-51-45-39-38-40-46-52-58-70(4)5/h18-20,25,70-74,79H,7-17,21-24,26-69H2,1-6H3,(H,84,85)(H,86,87)/b19-18-,25-20-/t71?,72-,73-,74-/m1/s1. The second-order valence-corrected chi connectivity index (χ2v) is 31.0. The Hall–Kier alpha value is -2.46. The van der Waals surface area contributed by atoms with Crippen LogP contribution in [0.3, 0.4) is 0 Å². The molecule has 0 spiro atoms. The Morgan fingerprint density at radius 1 is 0.340 bits per heavy atom. The number of esters is 4. The van der Waals surface area contributed by atoms with Gasteiger partial charge in [0.05, 0.1) is 26.4 Å². The molecule has 0 rings (SSSR count). The minimum Gasteiger partial charge on any atom is -0.462 e. The molecule has 0 aromatic rings. The van der Waals surface area contributed by atoms with Crippen LogP contribution in [0.25, 0.3) is 0 Å². The van der Waals surface area contributed by atoms with Crippen molar-refractivity contribution in [1.29, 1.82) is 0 Å². The van der Waals surface area contributed by atoms with Gasteiger partial charge in [-0.25, -0.2) is 9.13 Å². The minimum absolute atomic E-state index is 0.101. The van der Waals surface area contributed by atoms with Gasteiger partial charge in [0.15, 0.2) is 12.2 Å². The highest BCUT2D eigenvalue weighted by molar-refractivity contribution is 7.47. The molecule has 0 aromatic heterocycles. The Bertz CT molecular complexity index is 1970. The number of rotatable bonds is 75. The molecular formula is C78H148O17P2. The van der Waals surface area contributed by atoms with Crippen LogP contribution in [0.15, 0.2) is 24.3 Å². The summed E-state index contributed by atoms with van der Waals surface area (Å²) in [5.41, 5.74) is 0. The number of hydrogen-bond donors (Lipinski definition) is 3. The molecule has 19 heteroatoms. The van der Waals surface area contributed by atoms with E-state index in [1.54, 1.807) is 0 Å². The average molecular weight is 1420 g/mol. The molecule has 0 saturated carbocycles. The second-order valence-electron chi connectivity index (χ2n) is 28.1. The van der Waals surface area contributed by atoms with E-state index in [-0.39, 0.29) is 25.7 Å². The number of phosphoric acid groups is 2. The van der Waals surface area contributed by atoms with Gasteiger partial charge in [0.2, 0.25) is 0 Å². The molecule has 6 atom stereocenters. The average Bonchev–Trinajstić information content (AvgIpc) is 1.18. The molecule has 0 radical (unpaired) electrons. The zero-order chi connectivity index (χ0) is 71.4. The van der Waals surface area contributed by atoms with Crippen LogP contribution < -0.4 is 0 Å². The first kappa shape index (κ1) is 94.5. The predicted molar refractivity (Wildman–Crippen MR) is 395 cm³/mol. The van der Waals surface area contributed by atoms with E-state index in [2.05, 4.69) is 65.8 Å². The number of unbranched alkanes of at least 4 members (excludes halogenated alkanes) is 41. The van der Waals surface area contributed by atoms with Crippen LogP contribution in [-0.2, 0) is 65.4 Å². The summed E-state index contributed by atoms with van der Waals surface area (Å²) >= 11 is 0. The van der Waals surface area contributed by atoms with Gasteiger partial charge in [-0.05, 0) is 63.2 Å². The third-order valence-electron chi connectivity index (χ3n) is 17.9. The van der Waals surface area contributed by atoms with Crippen LogP contribution >= 0.6 is 15.6 Å². The molecule has 572 valence electrons. The number of carbonyl (C=O) groups is 4. The molecule has 17 nitrogen and oxygen atoms in total. The summed E-state index contributed by atoms with van der Waals surface area (Å²) in [4.78, 5) is 72.7. The number of carbonyl (C=O) groups excluding carboxylic acids is 4. The summed E-state index contributed by atoms with van der Waals surface area (Å²) in [5.74, 6) is -0.561. The molecule has 0 heterocycles. The van der Waals surface area contributed by atoms with Gasteiger partial charge in [-0.1, -0.05) is 329 Å². The number of phosphoric ester groups is 2. The summed E-state index contributed by atoms with van der Waals surface area (Å²) in [5, 5.41) is 10.6. The number of aliphatic hydroxyl groups excluding tert-OH is 1. The summed E-state index contributed by atoms with van der Waals surface area (Å²) in [7, 11) is -9.92. The van der Waals surface area contributed by atoms with Crippen molar-refractivity contribution in [1.82, 2.24) is 0 Å². The quantitative estimate of drug-likeness (QED) is 0.0169. The van der Waals surface area contributed by atoms with Gasteiger partial charge in [-0.15, -0.1) is 0 Å². The van der Waals surface area contributed by atoms with Crippen LogP contribution in [-0.4, -0.2) is 96.7 Å². The molecule has 97 heavy (non-hydrogen) atoms. The maximum absolute atomic E-state index is 13.1. The van der Waals surface area contributed by atoms with Crippen LogP contribution in [0.4, 0.5) is 0 Å². The third kappa shape index (κ3) is 70.4. The molecule has 0 amide bonds. The summed E-state index contributed by atoms with van der Waals surface area (Å²) < 4.78 is 68.4. The lowest BCUT2D eigenvalue weighted by molar-refractivity contribution is -0.161. The Balaban J connectivity index is 5.22. The van der Waals surface area contributed by atoms with Gasteiger partial charge >= 0.3 is 39.5 Å². The van der Waals surface area contributed by atoms with E-state index < -0.39 is 97.5 Å². The topological polar surface area (TPSA) is 237 Å². The highest BCUT2D eigenvalue weighted by atomic mass is 31.2. The Morgan fingerprint density at radius 3 is 0.928 bits per heavy atom. The van der Waals surface area contributed by atoms with Gasteiger partial charge in [0.25, 0.3) is 0 Å². The van der Waals surface area contributed by atoms with E-state index in [9.17, 15) is 43.2 Å². The van der Waals surface area contributed by atoms with E-state index in [0.29, 0.717) is 31.6 Å². The highest BCUT2D eigenvalue weighted by Gasteiger charge is 2.30. The summed E-state index contributed by atoms with van der Waals surface area (Å²) in [6.07, 6.45) is 60.6. The molecule has 0 aliphatic heterocycles. The van der Waals surface area contributed by atoms with Gasteiger partial charge in [0.1, 0.15) is 19.3 Å². The fraction of sp³-hybridized carbons (Fsp3) is 0.897. The zero-order valence-electron chi connectivity index (χ0n) is 62.9. The lowest BCUT2D eigenvalue weighted by Gasteiger charge is -2.21. The molecule has 0 bridgehead atoms. The number of hydrogen-bond acceptors (Lipinski definition) is 15. The summed E-state index contributed by atoms with van der Waals surface area (Å²) in [6, 6.07) is 0. The lowest BCUT2D eigenvalue weighted by Crippen LogP contribution is -2.30.